The highest BCUT2D eigenvalue weighted by molar-refractivity contribution is 8.08. The molecule has 9 saturated heterocycles. The Morgan fingerprint density at radius 1 is 0.400 bits per heavy atom. The van der Waals surface area contributed by atoms with Gasteiger partial charge in [0, 0.05) is 84.1 Å². The number of nitrogen functional groups attached to an aromatic ring is 6. The molecule has 12 aromatic heterocycles. The van der Waals surface area contributed by atoms with Crippen molar-refractivity contribution in [2.45, 2.75) is 147 Å². The molecule has 68 heteroatoms. The highest BCUT2D eigenvalue weighted by Gasteiger charge is 2.54. The van der Waals surface area contributed by atoms with E-state index in [1.54, 1.807) is 50.6 Å². The largest absolute Gasteiger partial charge is 0.398 e. The molecule has 9 aliphatic rings. The van der Waals surface area contributed by atoms with Crippen LogP contribution < -0.4 is 51.1 Å². The van der Waals surface area contributed by atoms with E-state index in [2.05, 4.69) is 80.8 Å². The molecule has 0 spiro atoms. The zero-order chi connectivity index (χ0) is 91.2. The lowest BCUT2D eigenvalue weighted by molar-refractivity contribution is -0.0635. The molecule has 130 heavy (non-hydrogen) atoms. The van der Waals surface area contributed by atoms with Crippen molar-refractivity contribution in [1.29, 1.82) is 0 Å². The standard InChI is InChI=1S/2C21H25N9O9P2S2.C20H23FN10O8P2S3/c2*22-11-1-3-24-17-10(11)2-4-29(17)15-6-12-14(37-15)8-35-41(33,43)39-13-5-9(7-34-40(32,42)38-12)36-20(13)30-18-16(27-28-30)19(31)26-21(23)25-18;21-11-14-10(37-18(11)31-15-12(28-29-31)8(22)1-2-24-15)5-36-40(33,42)38-9-3-7(4-35-41(34,43)39-14)44-19(9)30-6-25-13-16(30)26-20(23)27-17(13)32/h2*1-4,9,12-15,20H,5-8H2,(H2,22,24)(H,32,42)(H,33,43)(H3,23,25,26,31);1-2,6-7,9-11,14,18-19H,3-5H2,(H2,22,24)(H,33,42)(H,34,43)(H3,23,26,27,32)/t2*9-,12-,13+,14+,15+,20+,40?,41?;7-,9+,10+,11-,14+,18+,19+,40?,41?/m000/s1. The maximum Gasteiger partial charge on any atom is 0.325 e. The Morgan fingerprint density at radius 3 is 1.31 bits per heavy atom. The molecular formula is C62H73FN28O26P6S7. The molecule has 21 heterocycles. The summed E-state index contributed by atoms with van der Waals surface area (Å²) in [5, 5.41) is 24.1. The number of hydrogen-bond acceptors (Lipinski definition) is 46. The van der Waals surface area contributed by atoms with Gasteiger partial charge in [-0.25, -0.2) is 24.3 Å². The second kappa shape index (κ2) is 35.9. The second-order valence-electron chi connectivity index (χ2n) is 30.2. The molecule has 0 saturated carbocycles. The summed E-state index contributed by atoms with van der Waals surface area (Å²) < 4.78 is 124. The summed E-state index contributed by atoms with van der Waals surface area (Å²) in [6.07, 6.45) is -6.46. The first-order valence-corrected chi connectivity index (χ1v) is 55.1. The van der Waals surface area contributed by atoms with Crippen molar-refractivity contribution in [2.75, 3.05) is 74.0 Å². The number of anilines is 6. The SMILES string of the molecule is Nc1nc2c(ncn2[C@@H]2S[C@@H]3COP(O)(=S)O[C@H]4[C@H](F)[C@H](n5nnc6c(N)ccnc65)O[C@@H]4COP(O)(=S)O[C@@H]2C3)c(=O)[nH]1.Nc1nc2c(nnn2[C@@H]2O[C@@H]3COP(O)(=S)O[C@H]4C[C@H](n5ccc6c(N)ccnc65)O[C@@H]4COP(O)(=S)O[C@@H]2C3)c(=O)[nH]1.Nc1nc2c(nnn2[C@@H]2O[C@@H]3COP(O)(=S)O[C@H]4C[C@H](n5ccc6c(N)ccnc65)O[C@@H]4COP(O)(=S)O[C@@H]2C3)c(=O)[nH]1. The van der Waals surface area contributed by atoms with Gasteiger partial charge in [0.25, 0.3) is 16.7 Å². The number of pyridine rings is 3. The van der Waals surface area contributed by atoms with E-state index >= 15 is 4.39 Å². The van der Waals surface area contributed by atoms with E-state index in [0.29, 0.717) is 22.7 Å². The lowest BCUT2D eigenvalue weighted by atomic mass is 10.1. The van der Waals surface area contributed by atoms with Gasteiger partial charge in [-0.3, -0.25) is 38.4 Å². The summed E-state index contributed by atoms with van der Waals surface area (Å²) in [7, 11) is 0. The van der Waals surface area contributed by atoms with Crippen LogP contribution in [0, 0.1) is 0 Å². The van der Waals surface area contributed by atoms with Crippen LogP contribution in [-0.4, -0.2) is 256 Å². The predicted octanol–water partition coefficient (Wildman–Crippen LogP) is 1.72. The maximum absolute atomic E-state index is 16.0. The number of aromatic amines is 3. The Labute approximate surface area is 759 Å². The molecule has 9 aliphatic heterocycles. The molecule has 21 rings (SSSR count). The van der Waals surface area contributed by atoms with Gasteiger partial charge in [0.2, 0.25) is 17.8 Å². The molecule has 0 aliphatic carbocycles. The summed E-state index contributed by atoms with van der Waals surface area (Å²) in [6, 6.07) is 8.54. The highest BCUT2D eigenvalue weighted by Crippen LogP contribution is 2.60. The fourth-order valence-corrected chi connectivity index (χ4v) is 26.4. The minimum Gasteiger partial charge on any atom is -0.398 e. The third-order valence-electron chi connectivity index (χ3n) is 21.6. The lowest BCUT2D eigenvalue weighted by Gasteiger charge is -2.27. The molecule has 9 fully saturated rings. The number of rotatable bonds is 6. The number of thioether (sulfide) groups is 1. The van der Waals surface area contributed by atoms with Gasteiger partial charge in [0.15, 0.2) is 69.5 Å². The van der Waals surface area contributed by atoms with E-state index in [9.17, 15) is 43.7 Å². The van der Waals surface area contributed by atoms with E-state index in [4.69, 9.17) is 183 Å². The molecule has 0 radical (unpaired) electrons. The van der Waals surface area contributed by atoms with E-state index in [-0.39, 0.29) is 133 Å². The molecule has 696 valence electrons. The zero-order valence-electron chi connectivity index (χ0n) is 65.8. The summed E-state index contributed by atoms with van der Waals surface area (Å²) in [5.74, 6) is -0.443. The smallest absolute Gasteiger partial charge is 0.325 e. The van der Waals surface area contributed by atoms with Gasteiger partial charge in [-0.2, -0.15) is 29.0 Å². The third kappa shape index (κ3) is 18.9. The van der Waals surface area contributed by atoms with Gasteiger partial charge < -0.3 is 146 Å². The number of fused-ring (bicyclic) bond motifs is 15. The van der Waals surface area contributed by atoms with Gasteiger partial charge in [0.1, 0.15) is 65.7 Å². The topological polar surface area (TPSA) is 730 Å². The number of alkyl halides is 1. The fourth-order valence-electron chi connectivity index (χ4n) is 15.9. The van der Waals surface area contributed by atoms with Crippen LogP contribution in [-0.2, 0) is 149 Å². The number of hydrogen-bond donors (Lipinski definition) is 15. The molecule has 6 unspecified atom stereocenters. The number of H-pyrrole nitrogens is 3. The Hall–Kier alpha value is -7.10. The van der Waals surface area contributed by atoms with Crippen LogP contribution in [0.25, 0.3) is 66.7 Å². The lowest BCUT2D eigenvalue weighted by Crippen LogP contribution is -2.34. The number of nitrogens with zero attached hydrogens (tertiary/aromatic N) is 19. The van der Waals surface area contributed by atoms with Crippen molar-refractivity contribution in [2.24, 2.45) is 0 Å². The predicted molar refractivity (Wildman–Crippen MR) is 473 cm³/mol. The Morgan fingerprint density at radius 2 is 0.808 bits per heavy atom. The number of ether oxygens (including phenoxy) is 5. The second-order valence-corrected chi connectivity index (χ2v) is 48.3. The number of imidazole rings is 1. The first-order chi connectivity index (χ1) is 61.8. The van der Waals surface area contributed by atoms with E-state index in [1.807, 2.05) is 12.1 Å². The van der Waals surface area contributed by atoms with E-state index in [0.717, 1.165) is 15.5 Å². The zero-order valence-corrected chi connectivity index (χ0v) is 76.9. The maximum atomic E-state index is 16.0. The third-order valence-corrected chi connectivity index (χ3v) is 32.6. The minimum atomic E-state index is -4.07. The Balaban J connectivity index is 0.000000126. The first-order valence-electron chi connectivity index (χ1n) is 38.6. The van der Waals surface area contributed by atoms with Crippen molar-refractivity contribution in [3.05, 3.63) is 98.7 Å². The van der Waals surface area contributed by atoms with Crippen LogP contribution >= 0.6 is 52.1 Å². The summed E-state index contributed by atoms with van der Waals surface area (Å²) >= 11 is 33.2. The molecule has 25 atom stereocenters. The molecule has 12 aromatic rings. The summed E-state index contributed by atoms with van der Waals surface area (Å²) in [5.41, 5.74) is 36.6. The van der Waals surface area contributed by atoms with Crippen molar-refractivity contribution in [3.63, 3.8) is 0 Å². The number of aromatic nitrogens is 22. The van der Waals surface area contributed by atoms with Crippen LogP contribution in [0.3, 0.4) is 0 Å². The van der Waals surface area contributed by atoms with Crippen LogP contribution in [0.5, 0.6) is 0 Å². The molecule has 54 nitrogen and oxygen atoms in total. The van der Waals surface area contributed by atoms with Crippen LogP contribution in [0.2, 0.25) is 0 Å². The van der Waals surface area contributed by atoms with Crippen LogP contribution in [0.15, 0.2) is 82.0 Å². The molecule has 21 N–H and O–H groups in total. The van der Waals surface area contributed by atoms with E-state index in [1.165, 1.54) is 39.7 Å². The monoisotopic (exact) mass is 2050 g/mol. The number of halogens is 1. The van der Waals surface area contributed by atoms with E-state index < -0.39 is 179 Å². The van der Waals surface area contributed by atoms with Gasteiger partial charge in [-0.1, -0.05) is 15.6 Å². The highest BCUT2D eigenvalue weighted by atomic mass is 32.5. The van der Waals surface area contributed by atoms with Gasteiger partial charge >= 0.3 is 40.3 Å². The van der Waals surface area contributed by atoms with Crippen molar-refractivity contribution >= 4 is 225 Å². The normalized spacial score (nSPS) is 35.8. The fraction of sp³-hybridized carbons (Fsp3) is 0.484. The molecular weight excluding hydrogens is 1980 g/mol. The quantitative estimate of drug-likeness (QED) is 0.105. The van der Waals surface area contributed by atoms with Gasteiger partial charge in [-0.05, 0) is 108 Å². The molecule has 6 bridgehead atoms. The Bertz CT molecular complexity index is 6660. The number of nitrogens with two attached hydrogens (primary N) is 6. The van der Waals surface area contributed by atoms with Gasteiger partial charge in [-0.15, -0.1) is 27.1 Å². The van der Waals surface area contributed by atoms with Gasteiger partial charge in [0.05, 0.1) is 82.2 Å². The average molecular weight is 2060 g/mol. The minimum absolute atomic E-state index is 0.0207. The average Bonchev–Trinajstić information content (AvgIpc) is 1.61. The number of nitrogens with one attached hydrogen (secondary N) is 3. The first kappa shape index (κ1) is 92.0. The van der Waals surface area contributed by atoms with Crippen molar-refractivity contribution < 1.29 is 112 Å². The Kier molecular flexibility index (Phi) is 25.4. The van der Waals surface area contributed by atoms with Crippen molar-refractivity contribution in [1.82, 2.24) is 109 Å². The summed E-state index contributed by atoms with van der Waals surface area (Å²) in [6.45, 7) is -25.2. The van der Waals surface area contributed by atoms with Crippen molar-refractivity contribution in [3.8, 4) is 0 Å². The molecule has 0 aromatic carbocycles. The van der Waals surface area contributed by atoms with Crippen LogP contribution in [0.4, 0.5) is 39.3 Å². The molecule has 0 amide bonds. The summed E-state index contributed by atoms with van der Waals surface area (Å²) in [4.78, 5) is 140. The van der Waals surface area contributed by atoms with Crippen LogP contribution in [0.1, 0.15) is 68.6 Å².